The van der Waals surface area contributed by atoms with E-state index in [2.05, 4.69) is 56.0 Å². The molecule has 0 unspecified atom stereocenters. The van der Waals surface area contributed by atoms with Gasteiger partial charge in [-0.25, -0.2) is 4.39 Å². The van der Waals surface area contributed by atoms with Gasteiger partial charge in [-0.05, 0) is 71.2 Å². The van der Waals surface area contributed by atoms with Crippen molar-refractivity contribution in [2.75, 3.05) is 11.9 Å². The molecular weight excluding hydrogens is 536 g/mol. The number of anilines is 1. The second-order valence-corrected chi connectivity index (χ2v) is 17.0. The van der Waals surface area contributed by atoms with Gasteiger partial charge in [-0.2, -0.15) is 0 Å². The van der Waals surface area contributed by atoms with E-state index in [0.29, 0.717) is 18.7 Å². The summed E-state index contributed by atoms with van der Waals surface area (Å²) < 4.78 is 20.2. The number of aromatic nitrogens is 1. The highest BCUT2D eigenvalue weighted by atomic mass is 32.1. The predicted molar refractivity (Wildman–Crippen MR) is 167 cm³/mol. The third-order valence-electron chi connectivity index (χ3n) is 7.15. The Kier molecular flexibility index (Phi) is 9.04. The average molecular weight is 571 g/mol. The van der Waals surface area contributed by atoms with Gasteiger partial charge < -0.3 is 9.74 Å². The first-order valence-corrected chi connectivity index (χ1v) is 17.0. The Balaban J connectivity index is 1.84. The van der Waals surface area contributed by atoms with E-state index in [4.69, 9.17) is 4.43 Å². The summed E-state index contributed by atoms with van der Waals surface area (Å²) in [6.07, 6.45) is 4.15. The lowest BCUT2D eigenvalue weighted by Gasteiger charge is -2.35. The molecule has 4 aromatic rings. The van der Waals surface area contributed by atoms with E-state index in [0.717, 1.165) is 37.6 Å². The molecule has 2 heterocycles. The van der Waals surface area contributed by atoms with E-state index in [9.17, 15) is 9.18 Å². The summed E-state index contributed by atoms with van der Waals surface area (Å²) in [5.74, 6) is 6.37. The molecule has 0 aliphatic heterocycles. The summed E-state index contributed by atoms with van der Waals surface area (Å²) in [6.45, 7) is 13.3. The highest BCUT2D eigenvalue weighted by molar-refractivity contribution is 7.17. The Bertz CT molecular complexity index is 1550. The van der Waals surface area contributed by atoms with Crippen molar-refractivity contribution in [3.8, 4) is 44.5 Å². The SMILES string of the molecule is CC(=O)Nc1cccc(-c2c(C#CCCO[Si](C)(C)C(C)(C)C)sc(-c3ccc(F)cc3)c2-c2ccncc2)c1. The summed E-state index contributed by atoms with van der Waals surface area (Å²) >= 11 is 1.59. The fourth-order valence-corrected chi connectivity index (χ4v) is 6.34. The van der Waals surface area contributed by atoms with E-state index in [1.165, 1.54) is 19.1 Å². The molecule has 40 heavy (non-hydrogen) atoms. The third-order valence-corrected chi connectivity index (χ3v) is 12.8. The molecule has 7 heteroatoms. The van der Waals surface area contributed by atoms with E-state index < -0.39 is 8.32 Å². The first kappa shape index (κ1) is 29.4. The minimum absolute atomic E-state index is 0.134. The van der Waals surface area contributed by atoms with Crippen molar-refractivity contribution in [1.82, 2.24) is 4.98 Å². The van der Waals surface area contributed by atoms with Crippen LogP contribution in [0.3, 0.4) is 0 Å². The van der Waals surface area contributed by atoms with Crippen LogP contribution in [0.15, 0.2) is 73.1 Å². The number of halogens is 1. The van der Waals surface area contributed by atoms with Crippen LogP contribution in [0.1, 0.15) is 39.0 Å². The second kappa shape index (κ2) is 12.3. The number of nitrogens with one attached hydrogen (secondary N) is 1. The smallest absolute Gasteiger partial charge is 0.221 e. The van der Waals surface area contributed by atoms with E-state index >= 15 is 0 Å². The summed E-state index contributed by atoms with van der Waals surface area (Å²) in [5.41, 5.74) is 5.51. The lowest BCUT2D eigenvalue weighted by atomic mass is 9.93. The molecule has 2 aromatic heterocycles. The zero-order valence-electron chi connectivity index (χ0n) is 23.9. The quantitative estimate of drug-likeness (QED) is 0.137. The maximum Gasteiger partial charge on any atom is 0.221 e. The van der Waals surface area contributed by atoms with Crippen molar-refractivity contribution in [2.45, 2.75) is 52.2 Å². The molecule has 0 radical (unpaired) electrons. The Hall–Kier alpha value is -3.57. The molecule has 0 saturated heterocycles. The summed E-state index contributed by atoms with van der Waals surface area (Å²) in [5, 5.41) is 3.03. The minimum atomic E-state index is -1.85. The van der Waals surface area contributed by atoms with Gasteiger partial charge in [0.2, 0.25) is 5.91 Å². The van der Waals surface area contributed by atoms with Crippen LogP contribution in [-0.4, -0.2) is 25.8 Å². The first-order valence-electron chi connectivity index (χ1n) is 13.3. The normalized spacial score (nSPS) is 11.6. The van der Waals surface area contributed by atoms with Gasteiger partial charge in [0.25, 0.3) is 0 Å². The number of carbonyl (C=O) groups excluding carboxylic acids is 1. The van der Waals surface area contributed by atoms with Crippen molar-refractivity contribution < 1.29 is 13.6 Å². The zero-order chi connectivity index (χ0) is 28.9. The number of pyridine rings is 1. The molecule has 0 fully saturated rings. The van der Waals surface area contributed by atoms with E-state index in [1.54, 1.807) is 35.9 Å². The van der Waals surface area contributed by atoms with Gasteiger partial charge in [-0.3, -0.25) is 9.78 Å². The Morgan fingerprint density at radius 2 is 1.70 bits per heavy atom. The third kappa shape index (κ3) is 6.94. The fourth-order valence-electron chi connectivity index (χ4n) is 4.07. The highest BCUT2D eigenvalue weighted by Crippen LogP contribution is 2.48. The van der Waals surface area contributed by atoms with Crippen LogP contribution < -0.4 is 5.32 Å². The van der Waals surface area contributed by atoms with Crippen molar-refractivity contribution in [3.63, 3.8) is 0 Å². The topological polar surface area (TPSA) is 51.2 Å². The lowest BCUT2D eigenvalue weighted by molar-refractivity contribution is -0.114. The molecule has 4 nitrogen and oxygen atoms in total. The maximum absolute atomic E-state index is 13.8. The van der Waals surface area contributed by atoms with Crippen LogP contribution in [0, 0.1) is 17.7 Å². The molecule has 0 atom stereocenters. The molecule has 0 spiro atoms. The van der Waals surface area contributed by atoms with Gasteiger partial charge in [0.1, 0.15) is 5.82 Å². The molecule has 1 amide bonds. The summed E-state index contributed by atoms with van der Waals surface area (Å²) in [6, 6.07) is 18.3. The average Bonchev–Trinajstić information content (AvgIpc) is 3.28. The summed E-state index contributed by atoms with van der Waals surface area (Å²) in [7, 11) is -1.85. The number of rotatable bonds is 7. The van der Waals surface area contributed by atoms with Gasteiger partial charge in [0.05, 0.1) is 4.88 Å². The first-order chi connectivity index (χ1) is 19.0. The number of carbonyl (C=O) groups is 1. The molecule has 1 N–H and O–H groups in total. The molecule has 206 valence electrons. The van der Waals surface area contributed by atoms with Gasteiger partial charge >= 0.3 is 0 Å². The Morgan fingerprint density at radius 3 is 2.35 bits per heavy atom. The van der Waals surface area contributed by atoms with Crippen LogP contribution in [0.2, 0.25) is 18.1 Å². The minimum Gasteiger partial charge on any atom is -0.416 e. The summed E-state index contributed by atoms with van der Waals surface area (Å²) in [4.78, 5) is 17.9. The predicted octanol–water partition coefficient (Wildman–Crippen LogP) is 9.01. The van der Waals surface area contributed by atoms with E-state index in [-0.39, 0.29) is 16.8 Å². The second-order valence-electron chi connectivity index (χ2n) is 11.2. The molecule has 0 aliphatic carbocycles. The molecule has 0 saturated carbocycles. The standard InChI is InChI=1S/C33H35FN2O2SSi/c1-23(37)36-28-11-9-10-26(22-28)30-29(12-7-8-21-38-40(5,6)33(2,3)4)39-32(25-13-15-27(34)16-14-25)31(30)24-17-19-35-20-18-24/h9-11,13-20,22H,8,21H2,1-6H3,(H,36,37). The Labute approximate surface area is 241 Å². The van der Waals surface area contributed by atoms with Crippen LogP contribution in [0.5, 0.6) is 0 Å². The monoisotopic (exact) mass is 570 g/mol. The van der Waals surface area contributed by atoms with Gasteiger partial charge in [-0.1, -0.05) is 56.9 Å². The van der Waals surface area contributed by atoms with Crippen LogP contribution in [-0.2, 0) is 9.22 Å². The number of benzene rings is 2. The van der Waals surface area contributed by atoms with Gasteiger partial charge in [0.15, 0.2) is 8.32 Å². The van der Waals surface area contributed by atoms with Crippen molar-refractivity contribution in [1.29, 1.82) is 0 Å². The molecule has 2 aromatic carbocycles. The van der Waals surface area contributed by atoms with Crippen molar-refractivity contribution in [2.24, 2.45) is 0 Å². The van der Waals surface area contributed by atoms with Gasteiger partial charge in [0, 0.05) is 54.0 Å². The number of thiophene rings is 1. The largest absolute Gasteiger partial charge is 0.416 e. The molecule has 4 rings (SSSR count). The fraction of sp³-hybridized carbons (Fsp3) is 0.273. The lowest BCUT2D eigenvalue weighted by Crippen LogP contribution is -2.40. The number of hydrogen-bond donors (Lipinski definition) is 1. The molecule has 0 aliphatic rings. The van der Waals surface area contributed by atoms with Crippen LogP contribution in [0.4, 0.5) is 10.1 Å². The van der Waals surface area contributed by atoms with Gasteiger partial charge in [-0.15, -0.1) is 11.3 Å². The number of amides is 1. The highest BCUT2D eigenvalue weighted by Gasteiger charge is 2.36. The molecular formula is C33H35FN2O2SSi. The van der Waals surface area contributed by atoms with Crippen LogP contribution >= 0.6 is 11.3 Å². The van der Waals surface area contributed by atoms with Crippen molar-refractivity contribution >= 4 is 31.2 Å². The maximum atomic E-state index is 13.8. The van der Waals surface area contributed by atoms with Crippen molar-refractivity contribution in [3.05, 3.63) is 83.8 Å². The van der Waals surface area contributed by atoms with Crippen LogP contribution in [0.25, 0.3) is 32.7 Å². The zero-order valence-corrected chi connectivity index (χ0v) is 25.7. The number of hydrogen-bond acceptors (Lipinski definition) is 4. The number of nitrogens with zero attached hydrogens (tertiary/aromatic N) is 1. The Morgan fingerprint density at radius 1 is 1.00 bits per heavy atom. The molecule has 0 bridgehead atoms. The van der Waals surface area contributed by atoms with E-state index in [1.807, 2.05) is 36.4 Å².